The Labute approximate surface area is 110 Å². The van der Waals surface area contributed by atoms with Gasteiger partial charge in [-0.15, -0.1) is 11.3 Å². The molecule has 4 nitrogen and oxygen atoms in total. The Hall–Kier alpha value is -0.140. The lowest BCUT2D eigenvalue weighted by Gasteiger charge is -2.28. The van der Waals surface area contributed by atoms with Gasteiger partial charge in [-0.3, -0.25) is 0 Å². The van der Waals surface area contributed by atoms with E-state index in [-0.39, 0.29) is 10.3 Å². The van der Waals surface area contributed by atoms with Gasteiger partial charge >= 0.3 is 0 Å². The topological polar surface area (TPSA) is 57.6 Å². The number of piperidine rings is 1. The van der Waals surface area contributed by atoms with Crippen molar-refractivity contribution in [2.75, 3.05) is 13.1 Å². The SMILES string of the molecule is Cc1cc(S(=O)(=O)N2CCC(O)CC2)sc1Cl. The summed E-state index contributed by atoms with van der Waals surface area (Å²) in [5.41, 5.74) is 0.785. The molecule has 1 saturated heterocycles. The Morgan fingerprint density at radius 1 is 1.47 bits per heavy atom. The van der Waals surface area contributed by atoms with E-state index in [4.69, 9.17) is 11.6 Å². The van der Waals surface area contributed by atoms with Gasteiger partial charge in [-0.1, -0.05) is 11.6 Å². The summed E-state index contributed by atoms with van der Waals surface area (Å²) in [6.07, 6.45) is 0.615. The molecule has 17 heavy (non-hydrogen) atoms. The summed E-state index contributed by atoms with van der Waals surface area (Å²) in [6, 6.07) is 1.60. The number of aliphatic hydroxyl groups is 1. The number of aliphatic hydroxyl groups excluding tert-OH is 1. The quantitative estimate of drug-likeness (QED) is 0.906. The highest BCUT2D eigenvalue weighted by Gasteiger charge is 2.30. The molecule has 1 aromatic heterocycles. The molecule has 0 atom stereocenters. The van der Waals surface area contributed by atoms with Gasteiger partial charge in [0.25, 0.3) is 10.0 Å². The first-order chi connectivity index (χ1) is 7.91. The van der Waals surface area contributed by atoms with Gasteiger partial charge in [0.05, 0.1) is 10.4 Å². The summed E-state index contributed by atoms with van der Waals surface area (Å²) in [7, 11) is -3.43. The molecule has 1 aliphatic heterocycles. The number of aryl methyl sites for hydroxylation is 1. The standard InChI is InChI=1S/C10H14ClNO3S2/c1-7-6-9(16-10(7)11)17(14,15)12-4-2-8(13)3-5-12/h6,8,13H,2-5H2,1H3. The van der Waals surface area contributed by atoms with Gasteiger partial charge in [-0.05, 0) is 31.4 Å². The fourth-order valence-electron chi connectivity index (χ4n) is 1.77. The highest BCUT2D eigenvalue weighted by molar-refractivity contribution is 7.91. The lowest BCUT2D eigenvalue weighted by Crippen LogP contribution is -2.39. The number of nitrogens with zero attached hydrogens (tertiary/aromatic N) is 1. The fourth-order valence-corrected chi connectivity index (χ4v) is 5.10. The molecule has 0 unspecified atom stereocenters. The van der Waals surface area contributed by atoms with Gasteiger partial charge in [-0.25, -0.2) is 8.42 Å². The minimum atomic E-state index is -3.43. The summed E-state index contributed by atoms with van der Waals surface area (Å²) in [4.78, 5) is 0. The number of halogens is 1. The summed E-state index contributed by atoms with van der Waals surface area (Å²) in [5.74, 6) is 0. The predicted octanol–water partition coefficient (Wildman–Crippen LogP) is 1.86. The van der Waals surface area contributed by atoms with E-state index in [0.29, 0.717) is 30.3 Å². The van der Waals surface area contributed by atoms with Crippen LogP contribution in [0.25, 0.3) is 0 Å². The normalized spacial score (nSPS) is 19.7. The molecule has 0 saturated carbocycles. The van der Waals surface area contributed by atoms with E-state index < -0.39 is 10.0 Å². The Bertz CT molecular complexity index is 484. The first-order valence-corrected chi connectivity index (χ1v) is 7.99. The lowest BCUT2D eigenvalue weighted by atomic mass is 10.1. The van der Waals surface area contributed by atoms with Crippen molar-refractivity contribution in [3.63, 3.8) is 0 Å². The average molecular weight is 296 g/mol. The highest BCUT2D eigenvalue weighted by atomic mass is 35.5. The Morgan fingerprint density at radius 2 is 2.06 bits per heavy atom. The molecule has 2 heterocycles. The number of hydrogen-bond acceptors (Lipinski definition) is 4. The molecule has 7 heteroatoms. The second-order valence-corrected chi connectivity index (χ2v) is 7.98. The number of rotatable bonds is 2. The van der Waals surface area contributed by atoms with E-state index in [1.165, 1.54) is 4.31 Å². The van der Waals surface area contributed by atoms with E-state index in [1.807, 2.05) is 0 Å². The van der Waals surface area contributed by atoms with Gasteiger partial charge in [0.15, 0.2) is 0 Å². The molecule has 1 aromatic rings. The summed E-state index contributed by atoms with van der Waals surface area (Å²) in [5, 5.41) is 9.37. The highest BCUT2D eigenvalue weighted by Crippen LogP contribution is 2.32. The molecule has 0 bridgehead atoms. The minimum Gasteiger partial charge on any atom is -0.393 e. The predicted molar refractivity (Wildman–Crippen MR) is 68.1 cm³/mol. The van der Waals surface area contributed by atoms with Crippen molar-refractivity contribution < 1.29 is 13.5 Å². The van der Waals surface area contributed by atoms with Crippen LogP contribution in [0.1, 0.15) is 18.4 Å². The number of thiophene rings is 1. The molecule has 0 amide bonds. The van der Waals surface area contributed by atoms with Crippen LogP contribution in [-0.2, 0) is 10.0 Å². The number of hydrogen-bond donors (Lipinski definition) is 1. The maximum atomic E-state index is 12.3. The smallest absolute Gasteiger partial charge is 0.252 e. The van der Waals surface area contributed by atoms with Crippen LogP contribution in [-0.4, -0.2) is 37.0 Å². The zero-order chi connectivity index (χ0) is 12.6. The van der Waals surface area contributed by atoms with Crippen molar-refractivity contribution in [1.82, 2.24) is 4.31 Å². The second-order valence-electron chi connectivity index (χ2n) is 4.16. The van der Waals surface area contributed by atoms with Gasteiger partial charge < -0.3 is 5.11 Å². The zero-order valence-corrected chi connectivity index (χ0v) is 11.8. The Kier molecular flexibility index (Phi) is 3.80. The van der Waals surface area contributed by atoms with E-state index in [9.17, 15) is 13.5 Å². The number of sulfonamides is 1. The summed E-state index contributed by atoms with van der Waals surface area (Å²) >= 11 is 6.98. The fraction of sp³-hybridized carbons (Fsp3) is 0.600. The van der Waals surface area contributed by atoms with E-state index in [2.05, 4.69) is 0 Å². The van der Waals surface area contributed by atoms with Crippen LogP contribution >= 0.6 is 22.9 Å². The monoisotopic (exact) mass is 295 g/mol. The van der Waals surface area contributed by atoms with Crippen LogP contribution in [0.15, 0.2) is 10.3 Å². The molecule has 0 radical (unpaired) electrons. The van der Waals surface area contributed by atoms with Crippen LogP contribution in [0, 0.1) is 6.92 Å². The molecule has 1 fully saturated rings. The van der Waals surface area contributed by atoms with E-state index in [0.717, 1.165) is 16.9 Å². The third-order valence-corrected chi connectivity index (χ3v) is 6.76. The van der Waals surface area contributed by atoms with Gasteiger partial charge in [0.2, 0.25) is 0 Å². The second kappa shape index (κ2) is 4.85. The Balaban J connectivity index is 2.24. The maximum absolute atomic E-state index is 12.3. The zero-order valence-electron chi connectivity index (χ0n) is 9.39. The molecular formula is C10H14ClNO3S2. The van der Waals surface area contributed by atoms with Crippen molar-refractivity contribution in [2.24, 2.45) is 0 Å². The molecule has 0 spiro atoms. The minimum absolute atomic E-state index is 0.288. The first-order valence-electron chi connectivity index (χ1n) is 5.35. The maximum Gasteiger partial charge on any atom is 0.252 e. The third-order valence-electron chi connectivity index (χ3n) is 2.85. The van der Waals surface area contributed by atoms with Crippen LogP contribution in [0.5, 0.6) is 0 Å². The molecule has 0 aromatic carbocycles. The third kappa shape index (κ3) is 2.66. The van der Waals surface area contributed by atoms with Gasteiger partial charge in [-0.2, -0.15) is 4.31 Å². The molecule has 1 aliphatic rings. The summed E-state index contributed by atoms with van der Waals surface area (Å²) in [6.45, 7) is 2.54. The lowest BCUT2D eigenvalue weighted by molar-refractivity contribution is 0.113. The van der Waals surface area contributed by atoms with Gasteiger partial charge in [0, 0.05) is 13.1 Å². The molecule has 96 valence electrons. The van der Waals surface area contributed by atoms with E-state index >= 15 is 0 Å². The molecule has 0 aliphatic carbocycles. The van der Waals surface area contributed by atoms with E-state index in [1.54, 1.807) is 13.0 Å². The molecule has 1 N–H and O–H groups in total. The van der Waals surface area contributed by atoms with Crippen molar-refractivity contribution in [1.29, 1.82) is 0 Å². The van der Waals surface area contributed by atoms with Gasteiger partial charge in [0.1, 0.15) is 4.21 Å². The largest absolute Gasteiger partial charge is 0.393 e. The van der Waals surface area contributed by atoms with Crippen molar-refractivity contribution in [3.8, 4) is 0 Å². The van der Waals surface area contributed by atoms with Crippen LogP contribution in [0.2, 0.25) is 4.34 Å². The van der Waals surface area contributed by atoms with Crippen LogP contribution in [0.3, 0.4) is 0 Å². The van der Waals surface area contributed by atoms with Crippen molar-refractivity contribution in [3.05, 3.63) is 16.0 Å². The van der Waals surface area contributed by atoms with Crippen LogP contribution in [0.4, 0.5) is 0 Å². The molecule has 2 rings (SSSR count). The first kappa shape index (κ1) is 13.3. The Morgan fingerprint density at radius 3 is 2.53 bits per heavy atom. The average Bonchev–Trinajstić information content (AvgIpc) is 2.60. The summed E-state index contributed by atoms with van der Waals surface area (Å²) < 4.78 is 26.7. The van der Waals surface area contributed by atoms with Crippen molar-refractivity contribution in [2.45, 2.75) is 30.1 Å². The molecular weight excluding hydrogens is 282 g/mol. The van der Waals surface area contributed by atoms with Crippen LogP contribution < -0.4 is 0 Å². The van der Waals surface area contributed by atoms with Crippen molar-refractivity contribution >= 4 is 33.0 Å².